The van der Waals surface area contributed by atoms with Gasteiger partial charge in [-0.15, -0.1) is 12.4 Å². The lowest BCUT2D eigenvalue weighted by Gasteiger charge is -2.01. The highest BCUT2D eigenvalue weighted by Crippen LogP contribution is 2.10. The van der Waals surface area contributed by atoms with Crippen LogP contribution in [0.2, 0.25) is 0 Å². The average Bonchev–Trinajstić information content (AvgIpc) is 2.19. The Hall–Kier alpha value is 0.170. The molecule has 0 aromatic rings. The smallest absolute Gasteiger partial charge is 0.0730 e. The summed E-state index contributed by atoms with van der Waals surface area (Å²) in [7, 11) is 0. The molecule has 1 fully saturated rings. The van der Waals surface area contributed by atoms with Crippen LogP contribution in [0.4, 0.5) is 0 Å². The van der Waals surface area contributed by atoms with Gasteiger partial charge < -0.3 is 9.57 Å². The Balaban J connectivity index is 0.000000640. The SMILES string of the molecule is Cl.NOCC1CCOC1. The van der Waals surface area contributed by atoms with Crippen molar-refractivity contribution in [1.82, 2.24) is 0 Å². The molecule has 0 radical (unpaired) electrons. The first-order valence-corrected chi connectivity index (χ1v) is 2.83. The molecule has 1 atom stereocenters. The first-order chi connectivity index (χ1) is 3.93. The Bertz CT molecular complexity index is 66.0. The summed E-state index contributed by atoms with van der Waals surface area (Å²) in [6.07, 6.45) is 1.09. The van der Waals surface area contributed by atoms with Gasteiger partial charge in [0.25, 0.3) is 0 Å². The molecule has 4 heteroatoms. The van der Waals surface area contributed by atoms with E-state index in [9.17, 15) is 0 Å². The zero-order chi connectivity index (χ0) is 5.82. The van der Waals surface area contributed by atoms with E-state index in [1.54, 1.807) is 0 Å². The molecule has 56 valence electrons. The van der Waals surface area contributed by atoms with Crippen LogP contribution in [0.15, 0.2) is 0 Å². The minimum absolute atomic E-state index is 0. The molecule has 0 aliphatic carbocycles. The van der Waals surface area contributed by atoms with E-state index in [0.29, 0.717) is 12.5 Å². The molecule has 1 rings (SSSR count). The monoisotopic (exact) mass is 153 g/mol. The number of ether oxygens (including phenoxy) is 1. The maximum Gasteiger partial charge on any atom is 0.0730 e. The predicted octanol–water partition coefficient (Wildman–Crippen LogP) is 0.335. The van der Waals surface area contributed by atoms with Crippen LogP contribution in [-0.4, -0.2) is 19.8 Å². The number of hydrogen-bond donors (Lipinski definition) is 1. The molecular weight excluding hydrogens is 142 g/mol. The van der Waals surface area contributed by atoms with E-state index in [0.717, 1.165) is 19.6 Å². The van der Waals surface area contributed by atoms with Crippen LogP contribution in [0.1, 0.15) is 6.42 Å². The fraction of sp³-hybridized carbons (Fsp3) is 1.00. The molecule has 0 spiro atoms. The Labute approximate surface area is 60.9 Å². The van der Waals surface area contributed by atoms with Crippen LogP contribution in [-0.2, 0) is 9.57 Å². The summed E-state index contributed by atoms with van der Waals surface area (Å²) in [4.78, 5) is 4.45. The lowest BCUT2D eigenvalue weighted by molar-refractivity contribution is 0.0911. The van der Waals surface area contributed by atoms with E-state index in [2.05, 4.69) is 4.84 Å². The van der Waals surface area contributed by atoms with Gasteiger partial charge in [-0.2, -0.15) is 0 Å². The van der Waals surface area contributed by atoms with Crippen molar-refractivity contribution in [2.45, 2.75) is 6.42 Å². The molecule has 0 amide bonds. The minimum atomic E-state index is 0. The lowest BCUT2D eigenvalue weighted by Crippen LogP contribution is -2.12. The highest BCUT2D eigenvalue weighted by atomic mass is 35.5. The van der Waals surface area contributed by atoms with Gasteiger partial charge in [0.1, 0.15) is 0 Å². The average molecular weight is 154 g/mol. The summed E-state index contributed by atoms with van der Waals surface area (Å²) in [5.74, 6) is 5.39. The van der Waals surface area contributed by atoms with Crippen molar-refractivity contribution in [3.8, 4) is 0 Å². The van der Waals surface area contributed by atoms with Crippen LogP contribution < -0.4 is 5.90 Å². The second kappa shape index (κ2) is 4.99. The van der Waals surface area contributed by atoms with Crippen molar-refractivity contribution >= 4 is 12.4 Å². The van der Waals surface area contributed by atoms with Gasteiger partial charge in [-0.25, -0.2) is 5.90 Å². The molecule has 1 aliphatic rings. The molecular formula is C5H12ClNO2. The van der Waals surface area contributed by atoms with Gasteiger partial charge in [0, 0.05) is 12.5 Å². The lowest BCUT2D eigenvalue weighted by atomic mass is 10.1. The van der Waals surface area contributed by atoms with Gasteiger partial charge in [-0.3, -0.25) is 0 Å². The third kappa shape index (κ3) is 3.01. The zero-order valence-corrected chi connectivity index (χ0v) is 6.02. The Morgan fingerprint density at radius 2 is 2.44 bits per heavy atom. The van der Waals surface area contributed by atoms with Gasteiger partial charge >= 0.3 is 0 Å². The summed E-state index contributed by atoms with van der Waals surface area (Å²) < 4.78 is 5.07. The fourth-order valence-electron chi connectivity index (χ4n) is 0.851. The van der Waals surface area contributed by atoms with Crippen molar-refractivity contribution < 1.29 is 9.57 Å². The summed E-state index contributed by atoms with van der Waals surface area (Å²) in [6.45, 7) is 2.32. The second-order valence-corrected chi connectivity index (χ2v) is 2.06. The molecule has 2 N–H and O–H groups in total. The molecule has 1 unspecified atom stereocenters. The second-order valence-electron chi connectivity index (χ2n) is 2.06. The third-order valence-electron chi connectivity index (χ3n) is 1.36. The van der Waals surface area contributed by atoms with Crippen LogP contribution in [0, 0.1) is 5.92 Å². The van der Waals surface area contributed by atoms with Gasteiger partial charge in [-0.1, -0.05) is 0 Å². The van der Waals surface area contributed by atoms with Crippen molar-refractivity contribution in [3.63, 3.8) is 0 Å². The quantitative estimate of drug-likeness (QED) is 0.582. The minimum Gasteiger partial charge on any atom is -0.381 e. The van der Waals surface area contributed by atoms with E-state index < -0.39 is 0 Å². The molecule has 1 aliphatic heterocycles. The summed E-state index contributed by atoms with van der Waals surface area (Å²) in [5, 5.41) is 0. The highest BCUT2D eigenvalue weighted by Gasteiger charge is 2.14. The van der Waals surface area contributed by atoms with Crippen molar-refractivity contribution in [1.29, 1.82) is 0 Å². The standard InChI is InChI=1S/C5H11NO2.ClH/c6-8-4-5-1-2-7-3-5;/h5H,1-4,6H2;1H. The van der Waals surface area contributed by atoms with E-state index in [-0.39, 0.29) is 12.4 Å². The third-order valence-corrected chi connectivity index (χ3v) is 1.36. The first kappa shape index (κ1) is 9.17. The summed E-state index contributed by atoms with van der Waals surface area (Å²) in [5.41, 5.74) is 0. The summed E-state index contributed by atoms with van der Waals surface area (Å²) in [6, 6.07) is 0. The number of hydrogen-bond acceptors (Lipinski definition) is 3. The molecule has 0 aromatic heterocycles. The van der Waals surface area contributed by atoms with Crippen molar-refractivity contribution in [2.24, 2.45) is 11.8 Å². The van der Waals surface area contributed by atoms with Crippen molar-refractivity contribution in [2.75, 3.05) is 19.8 Å². The van der Waals surface area contributed by atoms with Crippen molar-refractivity contribution in [3.05, 3.63) is 0 Å². The van der Waals surface area contributed by atoms with Crippen LogP contribution in [0.5, 0.6) is 0 Å². The molecule has 3 nitrogen and oxygen atoms in total. The van der Waals surface area contributed by atoms with E-state index in [1.807, 2.05) is 0 Å². The highest BCUT2D eigenvalue weighted by molar-refractivity contribution is 5.85. The molecule has 9 heavy (non-hydrogen) atoms. The Kier molecular flexibility index (Phi) is 5.09. The van der Waals surface area contributed by atoms with E-state index in [1.165, 1.54) is 0 Å². The normalized spacial score (nSPS) is 25.7. The van der Waals surface area contributed by atoms with E-state index in [4.69, 9.17) is 10.6 Å². The largest absolute Gasteiger partial charge is 0.381 e. The fourth-order valence-corrected chi connectivity index (χ4v) is 0.851. The topological polar surface area (TPSA) is 44.5 Å². The van der Waals surface area contributed by atoms with Gasteiger partial charge in [0.05, 0.1) is 13.2 Å². The number of halogens is 1. The maximum absolute atomic E-state index is 5.07. The van der Waals surface area contributed by atoms with Crippen LogP contribution in [0.3, 0.4) is 0 Å². The van der Waals surface area contributed by atoms with E-state index >= 15 is 0 Å². The maximum atomic E-state index is 5.07. The van der Waals surface area contributed by atoms with Crippen LogP contribution in [0.25, 0.3) is 0 Å². The number of nitrogens with two attached hydrogens (primary N) is 1. The Morgan fingerprint density at radius 1 is 1.67 bits per heavy atom. The van der Waals surface area contributed by atoms with Crippen LogP contribution >= 0.6 is 12.4 Å². The Morgan fingerprint density at radius 3 is 2.89 bits per heavy atom. The predicted molar refractivity (Wildman–Crippen MR) is 36.3 cm³/mol. The van der Waals surface area contributed by atoms with Gasteiger partial charge in [0.15, 0.2) is 0 Å². The molecule has 0 saturated carbocycles. The molecule has 0 bridgehead atoms. The number of rotatable bonds is 2. The first-order valence-electron chi connectivity index (χ1n) is 2.83. The van der Waals surface area contributed by atoms with Gasteiger partial charge in [0.2, 0.25) is 0 Å². The molecule has 1 heterocycles. The van der Waals surface area contributed by atoms with Gasteiger partial charge in [-0.05, 0) is 6.42 Å². The zero-order valence-electron chi connectivity index (χ0n) is 5.21. The molecule has 0 aromatic carbocycles. The summed E-state index contributed by atoms with van der Waals surface area (Å²) >= 11 is 0. The molecule has 1 saturated heterocycles.